The van der Waals surface area contributed by atoms with Crippen LogP contribution in [0.5, 0.6) is 0 Å². The van der Waals surface area contributed by atoms with Gasteiger partial charge in [-0.05, 0) is 24.6 Å². The molecule has 0 spiro atoms. The van der Waals surface area contributed by atoms with Crippen LogP contribution >= 0.6 is 0 Å². The van der Waals surface area contributed by atoms with E-state index in [0.717, 1.165) is 37.5 Å². The van der Waals surface area contributed by atoms with Gasteiger partial charge in [0.2, 0.25) is 0 Å². The zero-order valence-electron chi connectivity index (χ0n) is 10.3. The molecule has 0 fully saturated rings. The Hall–Kier alpha value is -0.960. The number of hydrogen-bond acceptors (Lipinski definition) is 1. The second-order valence-electron chi connectivity index (χ2n) is 4.38. The Morgan fingerprint density at radius 3 is 2.53 bits per heavy atom. The minimum absolute atomic E-state index is 0.0699. The van der Waals surface area contributed by atoms with E-state index < -0.39 is 17.7 Å². The second kappa shape index (κ2) is 7.38. The Labute approximate surface area is 101 Å². The van der Waals surface area contributed by atoms with Gasteiger partial charge in [-0.25, -0.2) is 8.78 Å². The van der Waals surface area contributed by atoms with Crippen molar-refractivity contribution in [1.29, 1.82) is 0 Å². The molecule has 0 saturated heterocycles. The molecule has 0 amide bonds. The molecule has 0 aliphatic carbocycles. The summed E-state index contributed by atoms with van der Waals surface area (Å²) in [5.74, 6) is -1.04. The van der Waals surface area contributed by atoms with Crippen molar-refractivity contribution in [1.82, 2.24) is 0 Å². The lowest BCUT2D eigenvalue weighted by molar-refractivity contribution is 0.158. The van der Waals surface area contributed by atoms with Gasteiger partial charge in [-0.3, -0.25) is 0 Å². The first-order chi connectivity index (χ1) is 8.15. The van der Waals surface area contributed by atoms with Crippen LogP contribution in [0.15, 0.2) is 18.2 Å². The van der Waals surface area contributed by atoms with E-state index >= 15 is 0 Å². The van der Waals surface area contributed by atoms with E-state index in [1.807, 2.05) is 0 Å². The summed E-state index contributed by atoms with van der Waals surface area (Å²) in [7, 11) is 0. The van der Waals surface area contributed by atoms with Crippen LogP contribution in [0.3, 0.4) is 0 Å². The SMILES string of the molecule is CCCCCCCC(O)c1cc(F)ccc1F. The molecule has 0 bridgehead atoms. The first-order valence-corrected chi connectivity index (χ1v) is 6.28. The quantitative estimate of drug-likeness (QED) is 0.704. The van der Waals surface area contributed by atoms with E-state index in [-0.39, 0.29) is 5.56 Å². The summed E-state index contributed by atoms with van der Waals surface area (Å²) in [6.45, 7) is 2.14. The van der Waals surface area contributed by atoms with Crippen molar-refractivity contribution in [2.75, 3.05) is 0 Å². The van der Waals surface area contributed by atoms with Gasteiger partial charge in [0.25, 0.3) is 0 Å². The van der Waals surface area contributed by atoms with E-state index in [1.54, 1.807) is 0 Å². The van der Waals surface area contributed by atoms with Gasteiger partial charge in [-0.15, -0.1) is 0 Å². The van der Waals surface area contributed by atoms with Gasteiger partial charge in [0.1, 0.15) is 11.6 Å². The van der Waals surface area contributed by atoms with E-state index in [2.05, 4.69) is 6.92 Å². The van der Waals surface area contributed by atoms with Gasteiger partial charge >= 0.3 is 0 Å². The minimum atomic E-state index is -0.896. The van der Waals surface area contributed by atoms with E-state index in [9.17, 15) is 13.9 Å². The van der Waals surface area contributed by atoms with Crippen molar-refractivity contribution in [2.24, 2.45) is 0 Å². The summed E-state index contributed by atoms with van der Waals surface area (Å²) in [5.41, 5.74) is 0.0699. The number of unbranched alkanes of at least 4 members (excludes halogenated alkanes) is 4. The molecule has 1 aromatic rings. The number of aliphatic hydroxyl groups is 1. The van der Waals surface area contributed by atoms with Crippen molar-refractivity contribution in [3.05, 3.63) is 35.4 Å². The monoisotopic (exact) mass is 242 g/mol. The van der Waals surface area contributed by atoms with Gasteiger partial charge in [-0.2, -0.15) is 0 Å². The average Bonchev–Trinajstić information content (AvgIpc) is 2.32. The van der Waals surface area contributed by atoms with Gasteiger partial charge in [0, 0.05) is 5.56 Å². The molecule has 1 atom stereocenters. The summed E-state index contributed by atoms with van der Waals surface area (Å²) < 4.78 is 26.2. The topological polar surface area (TPSA) is 20.2 Å². The van der Waals surface area contributed by atoms with Gasteiger partial charge in [-0.1, -0.05) is 39.0 Å². The van der Waals surface area contributed by atoms with Crippen molar-refractivity contribution in [2.45, 2.75) is 51.6 Å². The van der Waals surface area contributed by atoms with Crippen LogP contribution in [0.2, 0.25) is 0 Å². The minimum Gasteiger partial charge on any atom is -0.388 e. The number of halogens is 2. The Kier molecular flexibility index (Phi) is 6.12. The molecule has 0 aliphatic heterocycles. The largest absolute Gasteiger partial charge is 0.388 e. The second-order valence-corrected chi connectivity index (χ2v) is 4.38. The fraction of sp³-hybridized carbons (Fsp3) is 0.571. The maximum atomic E-state index is 13.3. The zero-order chi connectivity index (χ0) is 12.7. The summed E-state index contributed by atoms with van der Waals surface area (Å²) >= 11 is 0. The van der Waals surface area contributed by atoms with Crippen LogP contribution in [-0.2, 0) is 0 Å². The number of hydrogen-bond donors (Lipinski definition) is 1. The van der Waals surface area contributed by atoms with Crippen LogP contribution < -0.4 is 0 Å². The highest BCUT2D eigenvalue weighted by Gasteiger charge is 2.13. The Morgan fingerprint density at radius 2 is 1.82 bits per heavy atom. The summed E-state index contributed by atoms with van der Waals surface area (Å²) in [6.07, 6.45) is 4.95. The Morgan fingerprint density at radius 1 is 1.12 bits per heavy atom. The number of benzene rings is 1. The average molecular weight is 242 g/mol. The maximum absolute atomic E-state index is 13.3. The zero-order valence-corrected chi connectivity index (χ0v) is 10.3. The normalized spacial score (nSPS) is 12.7. The lowest BCUT2D eigenvalue weighted by Gasteiger charge is -2.11. The molecule has 0 saturated carbocycles. The fourth-order valence-corrected chi connectivity index (χ4v) is 1.87. The van der Waals surface area contributed by atoms with Crippen molar-refractivity contribution >= 4 is 0 Å². The lowest BCUT2D eigenvalue weighted by atomic mass is 10.0. The molecular formula is C14H20F2O. The van der Waals surface area contributed by atoms with Crippen LogP contribution in [0.25, 0.3) is 0 Å². The third-order valence-electron chi connectivity index (χ3n) is 2.90. The van der Waals surface area contributed by atoms with Crippen molar-refractivity contribution in [3.8, 4) is 0 Å². The molecule has 0 aromatic heterocycles. The van der Waals surface area contributed by atoms with Crippen LogP contribution in [0, 0.1) is 11.6 Å². The lowest BCUT2D eigenvalue weighted by Crippen LogP contribution is -2.01. The Bertz CT molecular complexity index is 339. The molecule has 0 radical (unpaired) electrons. The smallest absolute Gasteiger partial charge is 0.129 e. The maximum Gasteiger partial charge on any atom is 0.129 e. The predicted octanol–water partition coefficient (Wildman–Crippen LogP) is 4.36. The van der Waals surface area contributed by atoms with Crippen molar-refractivity contribution in [3.63, 3.8) is 0 Å². The molecule has 0 heterocycles. The molecule has 1 N–H and O–H groups in total. The summed E-state index contributed by atoms with van der Waals surface area (Å²) in [5, 5.41) is 9.78. The third-order valence-corrected chi connectivity index (χ3v) is 2.90. The number of aliphatic hydroxyl groups excluding tert-OH is 1. The highest BCUT2D eigenvalue weighted by Crippen LogP contribution is 2.23. The predicted molar refractivity (Wildman–Crippen MR) is 64.7 cm³/mol. The van der Waals surface area contributed by atoms with Gasteiger partial charge in [0.05, 0.1) is 6.10 Å². The van der Waals surface area contributed by atoms with Gasteiger partial charge < -0.3 is 5.11 Å². The van der Waals surface area contributed by atoms with Crippen LogP contribution in [0.4, 0.5) is 8.78 Å². The molecule has 0 aliphatic rings. The highest BCUT2D eigenvalue weighted by molar-refractivity contribution is 5.20. The summed E-state index contributed by atoms with van der Waals surface area (Å²) in [6, 6.07) is 3.20. The van der Waals surface area contributed by atoms with E-state index in [4.69, 9.17) is 0 Å². The van der Waals surface area contributed by atoms with E-state index in [1.165, 1.54) is 12.8 Å². The molecule has 1 unspecified atom stereocenters. The molecular weight excluding hydrogens is 222 g/mol. The van der Waals surface area contributed by atoms with E-state index in [0.29, 0.717) is 6.42 Å². The van der Waals surface area contributed by atoms with Crippen molar-refractivity contribution < 1.29 is 13.9 Å². The molecule has 1 aromatic carbocycles. The Balaban J connectivity index is 2.41. The summed E-state index contributed by atoms with van der Waals surface area (Å²) in [4.78, 5) is 0. The molecule has 1 rings (SSSR count). The van der Waals surface area contributed by atoms with Gasteiger partial charge in [0.15, 0.2) is 0 Å². The molecule has 1 nitrogen and oxygen atoms in total. The molecule has 3 heteroatoms. The first-order valence-electron chi connectivity index (χ1n) is 6.28. The third kappa shape index (κ3) is 4.82. The highest BCUT2D eigenvalue weighted by atomic mass is 19.1. The number of rotatable bonds is 7. The molecule has 17 heavy (non-hydrogen) atoms. The van der Waals surface area contributed by atoms with Crippen LogP contribution in [-0.4, -0.2) is 5.11 Å². The molecule has 96 valence electrons. The van der Waals surface area contributed by atoms with Crippen LogP contribution in [0.1, 0.15) is 57.1 Å². The fourth-order valence-electron chi connectivity index (χ4n) is 1.87. The standard InChI is InChI=1S/C14H20F2O/c1-2-3-4-5-6-7-14(17)12-10-11(15)8-9-13(12)16/h8-10,14,17H,2-7H2,1H3. The first kappa shape index (κ1) is 14.1.